The van der Waals surface area contributed by atoms with E-state index in [9.17, 15) is 9.18 Å². The van der Waals surface area contributed by atoms with Gasteiger partial charge in [0.05, 0.1) is 6.54 Å². The second kappa shape index (κ2) is 9.85. The Labute approximate surface area is 156 Å². The van der Waals surface area contributed by atoms with Crippen LogP contribution in [0.1, 0.15) is 19.4 Å². The molecule has 0 fully saturated rings. The molecular formula is C18H21FN6O2. The van der Waals surface area contributed by atoms with Crippen LogP contribution < -0.4 is 21.1 Å². The largest absolute Gasteiger partial charge is 0.461 e. The van der Waals surface area contributed by atoms with E-state index >= 15 is 0 Å². The molecule has 0 aromatic heterocycles. The number of benzene rings is 2. The smallest absolute Gasteiger partial charge is 0.323 e. The number of amidine groups is 1. The lowest BCUT2D eigenvalue weighted by atomic mass is 10.2. The molecule has 0 heterocycles. The van der Waals surface area contributed by atoms with Gasteiger partial charge in [0.15, 0.2) is 5.84 Å². The highest BCUT2D eigenvalue weighted by molar-refractivity contribution is 6.01. The molecule has 0 saturated heterocycles. The van der Waals surface area contributed by atoms with Gasteiger partial charge in [-0.05, 0) is 48.5 Å². The number of nitrogens with zero attached hydrogens (tertiary/aromatic N) is 3. The number of nitrogens with one attached hydrogen (secondary N) is 2. The number of carbonyl (C=O) groups is 1. The van der Waals surface area contributed by atoms with Crippen molar-refractivity contribution in [2.45, 2.75) is 20.2 Å². The molecule has 1 unspecified atom stereocenters. The molecule has 0 aliphatic carbocycles. The SMILES string of the molecule is CCN=N/N=C(\N)c1ccc(NC(=O)Nc2cccc(OC(C)F)c2)cc1. The highest BCUT2D eigenvalue weighted by Crippen LogP contribution is 2.19. The molecule has 8 nitrogen and oxygen atoms in total. The summed E-state index contributed by atoms with van der Waals surface area (Å²) in [5.74, 6) is 0.546. The van der Waals surface area contributed by atoms with Crippen LogP contribution in [-0.4, -0.2) is 24.8 Å². The van der Waals surface area contributed by atoms with E-state index in [-0.39, 0.29) is 5.84 Å². The van der Waals surface area contributed by atoms with Gasteiger partial charge in [-0.15, -0.1) is 5.10 Å². The summed E-state index contributed by atoms with van der Waals surface area (Å²) in [6.07, 6.45) is -1.44. The molecule has 2 amide bonds. The molecule has 2 rings (SSSR count). The average Bonchev–Trinajstić information content (AvgIpc) is 2.62. The zero-order chi connectivity index (χ0) is 19.6. The molecule has 0 radical (unpaired) electrons. The first-order chi connectivity index (χ1) is 13.0. The van der Waals surface area contributed by atoms with Gasteiger partial charge in [-0.3, -0.25) is 0 Å². The number of ether oxygens (including phenoxy) is 1. The van der Waals surface area contributed by atoms with Gasteiger partial charge in [0.25, 0.3) is 0 Å². The highest BCUT2D eigenvalue weighted by Gasteiger charge is 2.06. The van der Waals surface area contributed by atoms with E-state index < -0.39 is 12.4 Å². The Morgan fingerprint density at radius 3 is 2.56 bits per heavy atom. The van der Waals surface area contributed by atoms with Crippen molar-refractivity contribution in [2.75, 3.05) is 17.2 Å². The maximum Gasteiger partial charge on any atom is 0.323 e. The van der Waals surface area contributed by atoms with Crippen molar-refractivity contribution in [2.24, 2.45) is 21.2 Å². The van der Waals surface area contributed by atoms with Gasteiger partial charge in [0.2, 0.25) is 6.36 Å². The third kappa shape index (κ3) is 6.73. The van der Waals surface area contributed by atoms with Crippen LogP contribution in [0.15, 0.2) is 64.0 Å². The molecule has 0 saturated carbocycles. The van der Waals surface area contributed by atoms with Crippen LogP contribution in [0.25, 0.3) is 0 Å². The number of halogens is 1. The van der Waals surface area contributed by atoms with E-state index in [1.807, 2.05) is 6.92 Å². The summed E-state index contributed by atoms with van der Waals surface area (Å²) < 4.78 is 17.8. The normalized spacial score (nSPS) is 12.6. The van der Waals surface area contributed by atoms with Gasteiger partial charge in [0, 0.05) is 29.9 Å². The Morgan fingerprint density at radius 1 is 1.19 bits per heavy atom. The topological polar surface area (TPSA) is 113 Å². The summed E-state index contributed by atoms with van der Waals surface area (Å²) >= 11 is 0. The van der Waals surface area contributed by atoms with Gasteiger partial charge in [-0.25, -0.2) is 9.18 Å². The maximum absolute atomic E-state index is 12.9. The fourth-order valence-corrected chi connectivity index (χ4v) is 2.05. The van der Waals surface area contributed by atoms with Crippen LogP contribution >= 0.6 is 0 Å². The Bertz CT molecular complexity index is 821. The number of amides is 2. The molecule has 1 atom stereocenters. The minimum Gasteiger partial charge on any atom is -0.461 e. The Balaban J connectivity index is 1.96. The van der Waals surface area contributed by atoms with E-state index in [4.69, 9.17) is 10.5 Å². The number of hydrogen-bond donors (Lipinski definition) is 3. The summed E-state index contributed by atoms with van der Waals surface area (Å²) in [6.45, 7) is 3.64. The molecule has 0 spiro atoms. The van der Waals surface area contributed by atoms with Crippen LogP contribution in [0.2, 0.25) is 0 Å². The van der Waals surface area contributed by atoms with Crippen molar-refractivity contribution in [1.29, 1.82) is 0 Å². The molecule has 27 heavy (non-hydrogen) atoms. The number of alkyl halides is 1. The first-order valence-electron chi connectivity index (χ1n) is 8.27. The standard InChI is InChI=1S/C18H21FN6O2/c1-3-21-25-24-17(20)13-7-9-14(10-8-13)22-18(26)23-15-5-4-6-16(11-15)27-12(2)19/h4-12H,3H2,1-2H3,(H2,20,21,24)(H2,22,23,26). The van der Waals surface area contributed by atoms with Crippen molar-refractivity contribution in [3.05, 3.63) is 54.1 Å². The Hall–Kier alpha value is -3.49. The minimum absolute atomic E-state index is 0.224. The predicted octanol–water partition coefficient (Wildman–Crippen LogP) is 4.12. The second-order valence-corrected chi connectivity index (χ2v) is 5.38. The van der Waals surface area contributed by atoms with Crippen LogP contribution in [0.5, 0.6) is 5.75 Å². The van der Waals surface area contributed by atoms with Crippen molar-refractivity contribution < 1.29 is 13.9 Å². The lowest BCUT2D eigenvalue weighted by Gasteiger charge is -2.11. The summed E-state index contributed by atoms with van der Waals surface area (Å²) in [5, 5.41) is 16.4. The Kier molecular flexibility index (Phi) is 7.24. The van der Waals surface area contributed by atoms with E-state index in [1.165, 1.54) is 13.0 Å². The minimum atomic E-state index is -1.44. The van der Waals surface area contributed by atoms with Crippen molar-refractivity contribution in [1.82, 2.24) is 0 Å². The summed E-state index contributed by atoms with van der Waals surface area (Å²) in [7, 11) is 0. The second-order valence-electron chi connectivity index (χ2n) is 5.38. The lowest BCUT2D eigenvalue weighted by Crippen LogP contribution is -2.19. The van der Waals surface area contributed by atoms with Crippen molar-refractivity contribution >= 4 is 23.2 Å². The Morgan fingerprint density at radius 2 is 1.89 bits per heavy atom. The van der Waals surface area contributed by atoms with Gasteiger partial charge in [-0.2, -0.15) is 5.11 Å². The van der Waals surface area contributed by atoms with E-state index in [1.54, 1.807) is 42.5 Å². The van der Waals surface area contributed by atoms with Crippen LogP contribution in [0.3, 0.4) is 0 Å². The van der Waals surface area contributed by atoms with Crippen molar-refractivity contribution in [3.63, 3.8) is 0 Å². The fourth-order valence-electron chi connectivity index (χ4n) is 2.05. The summed E-state index contributed by atoms with van der Waals surface area (Å²) in [4.78, 5) is 12.1. The number of nitrogens with two attached hydrogens (primary N) is 1. The predicted molar refractivity (Wildman–Crippen MR) is 103 cm³/mol. The number of rotatable bonds is 7. The summed E-state index contributed by atoms with van der Waals surface area (Å²) in [6, 6.07) is 12.8. The van der Waals surface area contributed by atoms with Crippen molar-refractivity contribution in [3.8, 4) is 5.75 Å². The molecule has 2 aromatic rings. The van der Waals surface area contributed by atoms with Gasteiger partial charge < -0.3 is 21.1 Å². The monoisotopic (exact) mass is 372 g/mol. The van der Waals surface area contributed by atoms with Gasteiger partial charge in [0.1, 0.15) is 5.75 Å². The molecule has 9 heteroatoms. The third-order valence-electron chi connectivity index (χ3n) is 3.19. The number of carbonyl (C=O) groups excluding carboxylic acids is 1. The molecule has 4 N–H and O–H groups in total. The highest BCUT2D eigenvalue weighted by atomic mass is 19.1. The zero-order valence-electron chi connectivity index (χ0n) is 15.0. The van der Waals surface area contributed by atoms with Gasteiger partial charge in [-0.1, -0.05) is 6.07 Å². The van der Waals surface area contributed by atoms with E-state index in [2.05, 4.69) is 26.1 Å². The quantitative estimate of drug-likeness (QED) is 0.294. The fraction of sp³-hybridized carbons (Fsp3) is 0.222. The molecule has 2 aromatic carbocycles. The maximum atomic E-state index is 12.9. The van der Waals surface area contributed by atoms with Crippen LogP contribution in [0.4, 0.5) is 20.6 Å². The lowest BCUT2D eigenvalue weighted by molar-refractivity contribution is 0.0861. The van der Waals surface area contributed by atoms with Crippen LogP contribution in [0, 0.1) is 0 Å². The number of urea groups is 1. The summed E-state index contributed by atoms with van der Waals surface area (Å²) in [5.41, 5.74) is 7.48. The molecule has 0 bridgehead atoms. The van der Waals surface area contributed by atoms with E-state index in [0.717, 1.165) is 0 Å². The molecule has 142 valence electrons. The first-order valence-corrected chi connectivity index (χ1v) is 8.27. The third-order valence-corrected chi connectivity index (χ3v) is 3.19. The van der Waals surface area contributed by atoms with Gasteiger partial charge >= 0.3 is 6.03 Å². The first kappa shape index (κ1) is 19.8. The average molecular weight is 372 g/mol. The van der Waals surface area contributed by atoms with Crippen LogP contribution in [-0.2, 0) is 0 Å². The number of hydrogen-bond acceptors (Lipinski definition) is 4. The number of anilines is 2. The van der Waals surface area contributed by atoms with E-state index in [0.29, 0.717) is 29.2 Å². The molecule has 0 aliphatic heterocycles. The molecule has 0 aliphatic rings. The molecular weight excluding hydrogens is 351 g/mol. The zero-order valence-corrected chi connectivity index (χ0v) is 15.0.